The number of nitrogens with one attached hydrogen (secondary N) is 1. The van der Waals surface area contributed by atoms with Gasteiger partial charge in [0.05, 0.1) is 26.9 Å². The first-order valence-electron chi connectivity index (χ1n) is 8.93. The molecule has 6 nitrogen and oxygen atoms in total. The number of likely N-dealkylation sites (N-methyl/N-ethyl adjacent to an activating group) is 1. The van der Waals surface area contributed by atoms with Gasteiger partial charge in [-0.05, 0) is 62.9 Å². The van der Waals surface area contributed by atoms with Crippen molar-refractivity contribution >= 4 is 11.6 Å². The van der Waals surface area contributed by atoms with Crippen LogP contribution in [0.3, 0.4) is 0 Å². The molecule has 2 rings (SSSR count). The number of amides is 1. The molecule has 27 heavy (non-hydrogen) atoms. The predicted molar refractivity (Wildman–Crippen MR) is 107 cm³/mol. The average molecular weight is 372 g/mol. The average Bonchev–Trinajstić information content (AvgIpc) is 2.69. The fourth-order valence-electron chi connectivity index (χ4n) is 2.63. The number of anilines is 1. The highest BCUT2D eigenvalue weighted by Gasteiger charge is 2.19. The summed E-state index contributed by atoms with van der Waals surface area (Å²) in [6.07, 6.45) is 0. The Balaban J connectivity index is 1.99. The number of hydrogen-bond acceptors (Lipinski definition) is 5. The zero-order valence-corrected chi connectivity index (χ0v) is 16.6. The molecule has 0 saturated heterocycles. The maximum absolute atomic E-state index is 12.5. The molecule has 0 aliphatic carbocycles. The normalized spacial score (nSPS) is 11.8. The standard InChI is InChI=1S/C21H28N2O4/c1-6-27-19-12-7-16(13-20(19)26-5)14-23(3)15(2)21(24)22-17-8-10-18(25-4)11-9-17/h7-13,15H,6,14H2,1-5H3,(H,22,24)/t15-/m0/s1. The van der Waals surface area contributed by atoms with Crippen LogP contribution in [0.15, 0.2) is 42.5 Å². The number of rotatable bonds is 9. The summed E-state index contributed by atoms with van der Waals surface area (Å²) in [7, 11) is 5.15. The Bertz CT molecular complexity index is 746. The van der Waals surface area contributed by atoms with Crippen LogP contribution in [0.5, 0.6) is 17.2 Å². The van der Waals surface area contributed by atoms with Crippen LogP contribution in [0.2, 0.25) is 0 Å². The van der Waals surface area contributed by atoms with Gasteiger partial charge in [0.25, 0.3) is 0 Å². The van der Waals surface area contributed by atoms with Gasteiger partial charge in [-0.2, -0.15) is 0 Å². The number of hydrogen-bond donors (Lipinski definition) is 1. The van der Waals surface area contributed by atoms with E-state index >= 15 is 0 Å². The van der Waals surface area contributed by atoms with Gasteiger partial charge in [0, 0.05) is 12.2 Å². The van der Waals surface area contributed by atoms with E-state index in [1.807, 2.05) is 68.3 Å². The molecule has 0 unspecified atom stereocenters. The SMILES string of the molecule is CCOc1ccc(CN(C)[C@@H](C)C(=O)Nc2ccc(OC)cc2)cc1OC. The first kappa shape index (κ1) is 20.6. The van der Waals surface area contributed by atoms with Gasteiger partial charge in [0.2, 0.25) is 5.91 Å². The Morgan fingerprint density at radius 2 is 1.78 bits per heavy atom. The molecule has 0 radical (unpaired) electrons. The monoisotopic (exact) mass is 372 g/mol. The van der Waals surface area contributed by atoms with Crippen molar-refractivity contribution in [2.75, 3.05) is 33.2 Å². The van der Waals surface area contributed by atoms with Crippen molar-refractivity contribution in [2.24, 2.45) is 0 Å². The van der Waals surface area contributed by atoms with E-state index in [0.717, 1.165) is 22.7 Å². The lowest BCUT2D eigenvalue weighted by atomic mass is 10.1. The molecule has 0 fully saturated rings. The van der Waals surface area contributed by atoms with Crippen molar-refractivity contribution in [3.63, 3.8) is 0 Å². The summed E-state index contributed by atoms with van der Waals surface area (Å²) >= 11 is 0. The highest BCUT2D eigenvalue weighted by molar-refractivity contribution is 5.94. The number of methoxy groups -OCH3 is 2. The number of carbonyl (C=O) groups is 1. The molecule has 0 heterocycles. The minimum absolute atomic E-state index is 0.0689. The first-order chi connectivity index (χ1) is 13.0. The van der Waals surface area contributed by atoms with E-state index in [9.17, 15) is 4.79 Å². The predicted octanol–water partition coefficient (Wildman–Crippen LogP) is 3.56. The third-order valence-corrected chi connectivity index (χ3v) is 4.36. The van der Waals surface area contributed by atoms with Gasteiger partial charge in [0.1, 0.15) is 5.75 Å². The summed E-state index contributed by atoms with van der Waals surface area (Å²) in [5, 5.41) is 2.93. The van der Waals surface area contributed by atoms with Crippen LogP contribution in [-0.4, -0.2) is 44.7 Å². The third-order valence-electron chi connectivity index (χ3n) is 4.36. The summed E-state index contributed by atoms with van der Waals surface area (Å²) in [4.78, 5) is 14.5. The van der Waals surface area contributed by atoms with Crippen LogP contribution < -0.4 is 19.5 Å². The molecule has 146 valence electrons. The number of benzene rings is 2. The summed E-state index contributed by atoms with van der Waals surface area (Å²) < 4.78 is 16.1. The van der Waals surface area contributed by atoms with Crippen LogP contribution >= 0.6 is 0 Å². The van der Waals surface area contributed by atoms with Gasteiger partial charge in [-0.15, -0.1) is 0 Å². The number of carbonyl (C=O) groups excluding carboxylic acids is 1. The van der Waals surface area contributed by atoms with E-state index in [-0.39, 0.29) is 11.9 Å². The largest absolute Gasteiger partial charge is 0.497 e. The second-order valence-corrected chi connectivity index (χ2v) is 6.23. The Morgan fingerprint density at radius 1 is 1.07 bits per heavy atom. The van der Waals surface area contributed by atoms with E-state index in [2.05, 4.69) is 5.32 Å². The lowest BCUT2D eigenvalue weighted by Crippen LogP contribution is -2.39. The van der Waals surface area contributed by atoms with Crippen molar-refractivity contribution in [1.82, 2.24) is 4.90 Å². The van der Waals surface area contributed by atoms with Gasteiger partial charge >= 0.3 is 0 Å². The number of nitrogens with zero attached hydrogens (tertiary/aromatic N) is 1. The van der Waals surface area contributed by atoms with Crippen LogP contribution in [0.1, 0.15) is 19.4 Å². The summed E-state index contributed by atoms with van der Waals surface area (Å²) in [5.74, 6) is 2.10. The Labute approximate surface area is 161 Å². The fraction of sp³-hybridized carbons (Fsp3) is 0.381. The van der Waals surface area contributed by atoms with Gasteiger partial charge < -0.3 is 19.5 Å². The molecule has 0 aromatic heterocycles. The molecule has 0 aliphatic rings. The van der Waals surface area contributed by atoms with E-state index in [1.165, 1.54) is 0 Å². The van der Waals surface area contributed by atoms with Crippen molar-refractivity contribution in [3.05, 3.63) is 48.0 Å². The summed E-state index contributed by atoms with van der Waals surface area (Å²) in [5.41, 5.74) is 1.78. The molecular formula is C21H28N2O4. The van der Waals surface area contributed by atoms with Crippen LogP contribution in [-0.2, 0) is 11.3 Å². The smallest absolute Gasteiger partial charge is 0.241 e. The maximum Gasteiger partial charge on any atom is 0.241 e. The molecule has 2 aromatic rings. The quantitative estimate of drug-likeness (QED) is 0.729. The fourth-order valence-corrected chi connectivity index (χ4v) is 2.63. The minimum atomic E-state index is -0.301. The summed E-state index contributed by atoms with van der Waals surface area (Å²) in [6.45, 7) is 5.01. The molecular weight excluding hydrogens is 344 g/mol. The molecule has 0 saturated carbocycles. The zero-order chi connectivity index (χ0) is 19.8. The van der Waals surface area contributed by atoms with Crippen molar-refractivity contribution in [1.29, 1.82) is 0 Å². The van der Waals surface area contributed by atoms with E-state index in [0.29, 0.717) is 18.9 Å². The van der Waals surface area contributed by atoms with Crippen molar-refractivity contribution in [2.45, 2.75) is 26.4 Å². The highest BCUT2D eigenvalue weighted by atomic mass is 16.5. The Hall–Kier alpha value is -2.73. The Morgan fingerprint density at radius 3 is 2.37 bits per heavy atom. The summed E-state index contributed by atoms with van der Waals surface area (Å²) in [6, 6.07) is 12.8. The minimum Gasteiger partial charge on any atom is -0.497 e. The first-order valence-corrected chi connectivity index (χ1v) is 8.93. The molecule has 2 aromatic carbocycles. The van der Waals surface area contributed by atoms with E-state index in [4.69, 9.17) is 14.2 Å². The lowest BCUT2D eigenvalue weighted by molar-refractivity contribution is -0.120. The van der Waals surface area contributed by atoms with E-state index in [1.54, 1.807) is 14.2 Å². The van der Waals surface area contributed by atoms with Crippen LogP contribution in [0.25, 0.3) is 0 Å². The Kier molecular flexibility index (Phi) is 7.49. The van der Waals surface area contributed by atoms with Crippen LogP contribution in [0.4, 0.5) is 5.69 Å². The van der Waals surface area contributed by atoms with Gasteiger partial charge in [0.15, 0.2) is 11.5 Å². The zero-order valence-electron chi connectivity index (χ0n) is 16.6. The molecule has 1 atom stereocenters. The molecule has 1 N–H and O–H groups in total. The topological polar surface area (TPSA) is 60.0 Å². The third kappa shape index (κ3) is 5.62. The molecule has 6 heteroatoms. The van der Waals surface area contributed by atoms with Crippen molar-refractivity contribution in [3.8, 4) is 17.2 Å². The van der Waals surface area contributed by atoms with Gasteiger partial charge in [-0.1, -0.05) is 6.07 Å². The molecule has 0 bridgehead atoms. The second-order valence-electron chi connectivity index (χ2n) is 6.23. The second kappa shape index (κ2) is 9.83. The maximum atomic E-state index is 12.5. The molecule has 1 amide bonds. The van der Waals surface area contributed by atoms with Gasteiger partial charge in [-0.3, -0.25) is 9.69 Å². The highest BCUT2D eigenvalue weighted by Crippen LogP contribution is 2.28. The molecule has 0 spiro atoms. The van der Waals surface area contributed by atoms with Crippen molar-refractivity contribution < 1.29 is 19.0 Å². The van der Waals surface area contributed by atoms with E-state index < -0.39 is 0 Å². The lowest BCUT2D eigenvalue weighted by Gasteiger charge is -2.24. The van der Waals surface area contributed by atoms with Crippen LogP contribution in [0, 0.1) is 0 Å². The number of ether oxygens (including phenoxy) is 3. The molecule has 0 aliphatic heterocycles. The van der Waals surface area contributed by atoms with Gasteiger partial charge in [-0.25, -0.2) is 0 Å².